The van der Waals surface area contributed by atoms with Gasteiger partial charge in [0.15, 0.2) is 0 Å². The van der Waals surface area contributed by atoms with E-state index < -0.39 is 0 Å². The third-order valence-corrected chi connectivity index (χ3v) is 2.70. The molecule has 1 aromatic rings. The molecule has 0 saturated carbocycles. The first-order valence-electron chi connectivity index (χ1n) is 5.36. The zero-order valence-electron chi connectivity index (χ0n) is 9.35. The molecular weight excluding hydrogens is 206 g/mol. The molecular formula is C9H17N7. The Morgan fingerprint density at radius 1 is 1.31 bits per heavy atom. The van der Waals surface area contributed by atoms with Gasteiger partial charge >= 0.3 is 0 Å². The van der Waals surface area contributed by atoms with Crippen molar-refractivity contribution in [2.75, 3.05) is 31.1 Å². The van der Waals surface area contributed by atoms with Gasteiger partial charge < -0.3 is 16.8 Å². The van der Waals surface area contributed by atoms with Crippen molar-refractivity contribution in [2.45, 2.75) is 19.5 Å². The summed E-state index contributed by atoms with van der Waals surface area (Å²) in [7, 11) is 0. The maximum Gasteiger partial charge on any atom is 0.225 e. The average Bonchev–Trinajstić information content (AvgIpc) is 2.20. The molecule has 0 amide bonds. The summed E-state index contributed by atoms with van der Waals surface area (Å²) in [5, 5.41) is 3.33. The van der Waals surface area contributed by atoms with Gasteiger partial charge in [-0.2, -0.15) is 15.0 Å². The zero-order valence-corrected chi connectivity index (χ0v) is 9.35. The van der Waals surface area contributed by atoms with Crippen LogP contribution in [0.15, 0.2) is 0 Å². The van der Waals surface area contributed by atoms with E-state index in [9.17, 15) is 0 Å². The Balaban J connectivity index is 2.07. The second-order valence-corrected chi connectivity index (χ2v) is 3.99. The molecule has 0 unspecified atom stereocenters. The quantitative estimate of drug-likeness (QED) is 0.580. The van der Waals surface area contributed by atoms with E-state index in [1.165, 1.54) is 0 Å². The Bertz CT molecular complexity index is 347. The minimum absolute atomic E-state index is 0.185. The Kier molecular flexibility index (Phi) is 3.16. The number of rotatable bonds is 2. The van der Waals surface area contributed by atoms with Gasteiger partial charge in [0.25, 0.3) is 0 Å². The van der Waals surface area contributed by atoms with Gasteiger partial charge in [0, 0.05) is 25.7 Å². The molecule has 1 aliphatic heterocycles. The van der Waals surface area contributed by atoms with Crippen LogP contribution in [0.4, 0.5) is 11.9 Å². The molecule has 1 fully saturated rings. The number of hydrogen-bond donors (Lipinski definition) is 3. The predicted molar refractivity (Wildman–Crippen MR) is 61.4 cm³/mol. The van der Waals surface area contributed by atoms with E-state index in [-0.39, 0.29) is 11.9 Å². The Morgan fingerprint density at radius 3 is 2.62 bits per heavy atom. The third-order valence-electron chi connectivity index (χ3n) is 2.70. The molecule has 2 heterocycles. The number of nitrogens with zero attached hydrogens (tertiary/aromatic N) is 4. The van der Waals surface area contributed by atoms with Crippen molar-refractivity contribution < 1.29 is 0 Å². The number of hydrogen-bond acceptors (Lipinski definition) is 7. The predicted octanol–water partition coefficient (Wildman–Crippen LogP) is -1.17. The van der Waals surface area contributed by atoms with Gasteiger partial charge in [0.05, 0.1) is 6.54 Å². The van der Waals surface area contributed by atoms with Crippen LogP contribution in [0, 0.1) is 0 Å². The maximum atomic E-state index is 5.53. The van der Waals surface area contributed by atoms with E-state index in [2.05, 4.69) is 32.1 Å². The number of aromatic nitrogens is 3. The number of nitrogens with two attached hydrogens (primary N) is 2. The van der Waals surface area contributed by atoms with Crippen molar-refractivity contribution in [3.8, 4) is 0 Å². The summed E-state index contributed by atoms with van der Waals surface area (Å²) in [5.41, 5.74) is 11.1. The molecule has 7 heteroatoms. The molecule has 88 valence electrons. The van der Waals surface area contributed by atoms with E-state index in [0.29, 0.717) is 18.4 Å². The topological polar surface area (TPSA) is 106 Å². The first-order chi connectivity index (χ1) is 7.65. The summed E-state index contributed by atoms with van der Waals surface area (Å²) in [6.45, 7) is 5.78. The standard InChI is InChI=1S/C9H17N7/c1-6-4-12-2-3-16(6)5-7-13-8(10)15-9(11)14-7/h6,12H,2-5H2,1H3,(H4,10,11,13,14,15)/t6-/m0/s1. The highest BCUT2D eigenvalue weighted by Crippen LogP contribution is 2.08. The number of anilines is 2. The summed E-state index contributed by atoms with van der Waals surface area (Å²) >= 11 is 0. The molecule has 1 saturated heterocycles. The summed E-state index contributed by atoms with van der Waals surface area (Å²) in [6, 6.07) is 0.466. The van der Waals surface area contributed by atoms with Crippen LogP contribution in [-0.2, 0) is 6.54 Å². The van der Waals surface area contributed by atoms with E-state index >= 15 is 0 Å². The first-order valence-corrected chi connectivity index (χ1v) is 5.36. The molecule has 1 aliphatic rings. The molecule has 2 rings (SSSR count). The van der Waals surface area contributed by atoms with Crippen LogP contribution < -0.4 is 16.8 Å². The van der Waals surface area contributed by atoms with Gasteiger partial charge in [-0.05, 0) is 6.92 Å². The average molecular weight is 223 g/mol. The van der Waals surface area contributed by atoms with Crippen LogP contribution in [0.2, 0.25) is 0 Å². The molecule has 0 aromatic carbocycles. The van der Waals surface area contributed by atoms with Gasteiger partial charge in [-0.1, -0.05) is 0 Å². The maximum absolute atomic E-state index is 5.53. The minimum Gasteiger partial charge on any atom is -0.368 e. The minimum atomic E-state index is 0.185. The second kappa shape index (κ2) is 4.58. The zero-order chi connectivity index (χ0) is 11.5. The van der Waals surface area contributed by atoms with Crippen LogP contribution in [0.1, 0.15) is 12.7 Å². The molecule has 0 spiro atoms. The fraction of sp³-hybridized carbons (Fsp3) is 0.667. The molecule has 0 bridgehead atoms. The van der Waals surface area contributed by atoms with E-state index in [1.54, 1.807) is 0 Å². The Hall–Kier alpha value is -1.47. The highest BCUT2D eigenvalue weighted by Gasteiger charge is 2.19. The van der Waals surface area contributed by atoms with Crippen LogP contribution in [0.5, 0.6) is 0 Å². The van der Waals surface area contributed by atoms with E-state index in [0.717, 1.165) is 19.6 Å². The van der Waals surface area contributed by atoms with Crippen LogP contribution in [0.3, 0.4) is 0 Å². The summed E-state index contributed by atoms with van der Waals surface area (Å²) in [5.74, 6) is 1.01. The summed E-state index contributed by atoms with van der Waals surface area (Å²) in [4.78, 5) is 14.2. The highest BCUT2D eigenvalue weighted by atomic mass is 15.2. The number of nitrogens with one attached hydrogen (secondary N) is 1. The van der Waals surface area contributed by atoms with Crippen molar-refractivity contribution >= 4 is 11.9 Å². The summed E-state index contributed by atoms with van der Waals surface area (Å²) in [6.07, 6.45) is 0. The smallest absolute Gasteiger partial charge is 0.225 e. The van der Waals surface area contributed by atoms with Crippen molar-refractivity contribution in [3.05, 3.63) is 5.82 Å². The third kappa shape index (κ3) is 2.56. The fourth-order valence-electron chi connectivity index (χ4n) is 1.83. The molecule has 16 heavy (non-hydrogen) atoms. The lowest BCUT2D eigenvalue weighted by molar-refractivity contribution is 0.161. The van der Waals surface area contributed by atoms with Crippen LogP contribution in [0.25, 0.3) is 0 Å². The van der Waals surface area contributed by atoms with Crippen molar-refractivity contribution in [3.63, 3.8) is 0 Å². The fourth-order valence-corrected chi connectivity index (χ4v) is 1.83. The molecule has 1 atom stereocenters. The molecule has 1 aromatic heterocycles. The van der Waals surface area contributed by atoms with E-state index in [1.807, 2.05) is 0 Å². The molecule has 5 N–H and O–H groups in total. The number of piperazine rings is 1. The highest BCUT2D eigenvalue weighted by molar-refractivity contribution is 5.25. The molecule has 0 radical (unpaired) electrons. The largest absolute Gasteiger partial charge is 0.368 e. The van der Waals surface area contributed by atoms with Gasteiger partial charge in [-0.15, -0.1) is 0 Å². The number of nitrogen functional groups attached to an aromatic ring is 2. The van der Waals surface area contributed by atoms with Crippen molar-refractivity contribution in [1.29, 1.82) is 0 Å². The summed E-state index contributed by atoms with van der Waals surface area (Å²) < 4.78 is 0. The van der Waals surface area contributed by atoms with Gasteiger partial charge in [-0.25, -0.2) is 0 Å². The monoisotopic (exact) mass is 223 g/mol. The molecule has 0 aliphatic carbocycles. The lowest BCUT2D eigenvalue weighted by Crippen LogP contribution is -2.49. The van der Waals surface area contributed by atoms with Gasteiger partial charge in [0.1, 0.15) is 5.82 Å². The SMILES string of the molecule is C[C@H]1CNCCN1Cc1nc(N)nc(N)n1. The van der Waals surface area contributed by atoms with Crippen molar-refractivity contribution in [2.24, 2.45) is 0 Å². The molecule has 7 nitrogen and oxygen atoms in total. The lowest BCUT2D eigenvalue weighted by Gasteiger charge is -2.33. The van der Waals surface area contributed by atoms with Crippen molar-refractivity contribution in [1.82, 2.24) is 25.2 Å². The van der Waals surface area contributed by atoms with Gasteiger partial charge in [0.2, 0.25) is 11.9 Å². The van der Waals surface area contributed by atoms with Crippen LogP contribution >= 0.6 is 0 Å². The van der Waals surface area contributed by atoms with Crippen LogP contribution in [-0.4, -0.2) is 45.5 Å². The second-order valence-electron chi connectivity index (χ2n) is 3.99. The first kappa shape index (κ1) is 11.0. The Labute approximate surface area is 94.3 Å². The van der Waals surface area contributed by atoms with Gasteiger partial charge in [-0.3, -0.25) is 4.90 Å². The lowest BCUT2D eigenvalue weighted by atomic mass is 10.2. The Morgan fingerprint density at radius 2 is 2.00 bits per heavy atom. The normalized spacial score (nSPS) is 22.2. The van der Waals surface area contributed by atoms with E-state index in [4.69, 9.17) is 11.5 Å².